The Bertz CT molecular complexity index is 575. The van der Waals surface area contributed by atoms with Crippen molar-refractivity contribution in [2.24, 2.45) is 11.8 Å². The van der Waals surface area contributed by atoms with Crippen LogP contribution in [0, 0.1) is 23.7 Å². The molecule has 0 aromatic heterocycles. The van der Waals surface area contributed by atoms with Crippen LogP contribution in [0.4, 0.5) is 0 Å². The fraction of sp³-hybridized carbons (Fsp3) is 0.478. The van der Waals surface area contributed by atoms with Crippen LogP contribution in [-0.4, -0.2) is 6.61 Å². The van der Waals surface area contributed by atoms with Crippen molar-refractivity contribution in [3.05, 3.63) is 48.1 Å². The third-order valence-electron chi connectivity index (χ3n) is 4.72. The molecule has 0 spiro atoms. The van der Waals surface area contributed by atoms with Gasteiger partial charge in [-0.15, -0.1) is 0 Å². The Morgan fingerprint density at radius 3 is 2.38 bits per heavy atom. The summed E-state index contributed by atoms with van der Waals surface area (Å²) in [4.78, 5) is 0. The molecule has 1 aliphatic rings. The summed E-state index contributed by atoms with van der Waals surface area (Å²) in [6.45, 7) is 5.19. The summed E-state index contributed by atoms with van der Waals surface area (Å²) in [6, 6.07) is 8.14. The number of rotatable bonds is 6. The first-order valence-electron chi connectivity index (χ1n) is 9.39. The molecule has 1 heteroatoms. The van der Waals surface area contributed by atoms with Crippen molar-refractivity contribution in [1.82, 2.24) is 0 Å². The summed E-state index contributed by atoms with van der Waals surface area (Å²) in [5.41, 5.74) is 1.15. The van der Waals surface area contributed by atoms with E-state index in [1.807, 2.05) is 30.4 Å². The highest BCUT2D eigenvalue weighted by molar-refractivity contribution is 5.54. The van der Waals surface area contributed by atoms with Crippen LogP contribution in [-0.2, 0) is 0 Å². The summed E-state index contributed by atoms with van der Waals surface area (Å²) >= 11 is 0. The van der Waals surface area contributed by atoms with Crippen molar-refractivity contribution in [1.29, 1.82) is 0 Å². The average molecular weight is 322 g/mol. The molecular formula is C23H30O. The van der Waals surface area contributed by atoms with Crippen LogP contribution >= 0.6 is 0 Å². The second-order valence-corrected chi connectivity index (χ2v) is 6.59. The van der Waals surface area contributed by atoms with Crippen LogP contribution in [0.2, 0.25) is 0 Å². The SMILES string of the molecule is CCCOc1ccc(C=CC#CC=CC2CCC(CC)CC2)cc1. The lowest BCUT2D eigenvalue weighted by Crippen LogP contribution is -2.11. The zero-order valence-corrected chi connectivity index (χ0v) is 15.1. The van der Waals surface area contributed by atoms with Crippen molar-refractivity contribution in [3.8, 4) is 17.6 Å². The van der Waals surface area contributed by atoms with E-state index in [1.54, 1.807) is 0 Å². The molecule has 0 aliphatic heterocycles. The molecule has 1 nitrogen and oxygen atoms in total. The van der Waals surface area contributed by atoms with Crippen molar-refractivity contribution in [3.63, 3.8) is 0 Å². The van der Waals surface area contributed by atoms with Crippen molar-refractivity contribution < 1.29 is 4.74 Å². The quantitative estimate of drug-likeness (QED) is 0.561. The van der Waals surface area contributed by atoms with E-state index in [9.17, 15) is 0 Å². The third-order valence-corrected chi connectivity index (χ3v) is 4.72. The summed E-state index contributed by atoms with van der Waals surface area (Å²) in [6.07, 6.45) is 16.1. The van der Waals surface area contributed by atoms with Crippen molar-refractivity contribution in [2.75, 3.05) is 6.61 Å². The van der Waals surface area contributed by atoms with Gasteiger partial charge in [0.2, 0.25) is 0 Å². The Labute approximate surface area is 147 Å². The molecule has 0 bridgehead atoms. The minimum Gasteiger partial charge on any atom is -0.494 e. The normalized spacial score (nSPS) is 20.9. The smallest absolute Gasteiger partial charge is 0.119 e. The molecule has 0 N–H and O–H groups in total. The van der Waals surface area contributed by atoms with Gasteiger partial charge in [0.1, 0.15) is 5.75 Å². The van der Waals surface area contributed by atoms with E-state index in [0.29, 0.717) is 0 Å². The molecule has 1 fully saturated rings. The molecule has 1 aliphatic carbocycles. The molecule has 0 heterocycles. The van der Waals surface area contributed by atoms with E-state index in [4.69, 9.17) is 4.74 Å². The van der Waals surface area contributed by atoms with Gasteiger partial charge >= 0.3 is 0 Å². The standard InChI is InChI=1S/C23H30O/c1-3-19-24-23-17-15-22(16-18-23)10-8-6-5-7-9-21-13-11-20(4-2)12-14-21/h7-10,15-18,20-21H,3-4,11-14,19H2,1-2H3. The van der Waals surface area contributed by atoms with Gasteiger partial charge in [0.15, 0.2) is 0 Å². The van der Waals surface area contributed by atoms with Crippen LogP contribution < -0.4 is 4.74 Å². The van der Waals surface area contributed by atoms with Crippen LogP contribution in [0.5, 0.6) is 5.75 Å². The molecule has 24 heavy (non-hydrogen) atoms. The Morgan fingerprint density at radius 1 is 1.00 bits per heavy atom. The number of hydrogen-bond acceptors (Lipinski definition) is 1. The second-order valence-electron chi connectivity index (χ2n) is 6.59. The first kappa shape index (κ1) is 18.4. The molecule has 1 saturated carbocycles. The number of allylic oxidation sites excluding steroid dienone is 3. The first-order valence-corrected chi connectivity index (χ1v) is 9.39. The maximum Gasteiger partial charge on any atom is 0.119 e. The fourth-order valence-corrected chi connectivity index (χ4v) is 3.10. The predicted octanol–water partition coefficient (Wildman–Crippen LogP) is 6.26. The van der Waals surface area contributed by atoms with Gasteiger partial charge in [-0.25, -0.2) is 0 Å². The Hall–Kier alpha value is -1.94. The zero-order valence-electron chi connectivity index (χ0n) is 15.1. The van der Waals surface area contributed by atoms with Gasteiger partial charge in [-0.05, 0) is 79.9 Å². The molecule has 128 valence electrons. The second kappa shape index (κ2) is 10.8. The summed E-state index contributed by atoms with van der Waals surface area (Å²) in [7, 11) is 0. The summed E-state index contributed by atoms with van der Waals surface area (Å²) in [5.74, 6) is 8.85. The molecule has 0 radical (unpaired) electrons. The number of ether oxygens (including phenoxy) is 1. The molecule has 0 amide bonds. The highest BCUT2D eigenvalue weighted by atomic mass is 16.5. The van der Waals surface area contributed by atoms with E-state index in [1.165, 1.54) is 32.1 Å². The Kier molecular flexibility index (Phi) is 8.25. The van der Waals surface area contributed by atoms with Crippen molar-refractivity contribution in [2.45, 2.75) is 52.4 Å². The largest absolute Gasteiger partial charge is 0.494 e. The van der Waals surface area contributed by atoms with E-state index < -0.39 is 0 Å². The number of hydrogen-bond donors (Lipinski definition) is 0. The summed E-state index contributed by atoms with van der Waals surface area (Å²) in [5, 5.41) is 0. The highest BCUT2D eigenvalue weighted by Gasteiger charge is 2.17. The van der Waals surface area contributed by atoms with Crippen molar-refractivity contribution >= 4 is 6.08 Å². The van der Waals surface area contributed by atoms with Gasteiger partial charge in [-0.1, -0.05) is 50.3 Å². The zero-order chi connectivity index (χ0) is 17.0. The molecule has 0 atom stereocenters. The molecule has 2 rings (SSSR count). The topological polar surface area (TPSA) is 9.23 Å². The predicted molar refractivity (Wildman–Crippen MR) is 104 cm³/mol. The monoisotopic (exact) mass is 322 g/mol. The lowest BCUT2D eigenvalue weighted by atomic mass is 9.81. The van der Waals surface area contributed by atoms with Gasteiger partial charge in [0, 0.05) is 0 Å². The van der Waals surface area contributed by atoms with Crippen LogP contribution in [0.1, 0.15) is 57.9 Å². The molecule has 0 unspecified atom stereocenters. The number of benzene rings is 1. The molecule has 1 aromatic rings. The van der Waals surface area contributed by atoms with Gasteiger partial charge < -0.3 is 4.74 Å². The lowest BCUT2D eigenvalue weighted by molar-refractivity contribution is 0.304. The van der Waals surface area contributed by atoms with Gasteiger partial charge in [0.05, 0.1) is 6.61 Å². The fourth-order valence-electron chi connectivity index (χ4n) is 3.10. The van der Waals surface area contributed by atoms with Gasteiger partial charge in [-0.2, -0.15) is 0 Å². The van der Waals surface area contributed by atoms with E-state index >= 15 is 0 Å². The maximum atomic E-state index is 5.58. The van der Waals surface area contributed by atoms with E-state index in [0.717, 1.165) is 36.2 Å². The van der Waals surface area contributed by atoms with Crippen LogP contribution in [0.3, 0.4) is 0 Å². The van der Waals surface area contributed by atoms with Gasteiger partial charge in [-0.3, -0.25) is 0 Å². The third kappa shape index (κ3) is 6.67. The Morgan fingerprint density at radius 2 is 1.71 bits per heavy atom. The minimum absolute atomic E-state index is 0.738. The van der Waals surface area contributed by atoms with Crippen LogP contribution in [0.15, 0.2) is 42.5 Å². The molecule has 0 saturated heterocycles. The Balaban J connectivity index is 1.74. The molecule has 1 aromatic carbocycles. The minimum atomic E-state index is 0.738. The van der Waals surface area contributed by atoms with E-state index in [2.05, 4.69) is 43.9 Å². The molecular weight excluding hydrogens is 292 g/mol. The van der Waals surface area contributed by atoms with Crippen LogP contribution in [0.25, 0.3) is 6.08 Å². The average Bonchev–Trinajstić information content (AvgIpc) is 2.64. The highest BCUT2D eigenvalue weighted by Crippen LogP contribution is 2.31. The van der Waals surface area contributed by atoms with Gasteiger partial charge in [0.25, 0.3) is 0 Å². The van der Waals surface area contributed by atoms with E-state index in [-0.39, 0.29) is 0 Å². The lowest BCUT2D eigenvalue weighted by Gasteiger charge is -2.25. The first-order chi connectivity index (χ1) is 11.8. The maximum absolute atomic E-state index is 5.58. The summed E-state index contributed by atoms with van der Waals surface area (Å²) < 4.78 is 5.58.